The van der Waals surface area contributed by atoms with Crippen molar-refractivity contribution in [2.75, 3.05) is 0 Å². The fraction of sp³-hybridized carbons (Fsp3) is 0.105. The van der Waals surface area contributed by atoms with Gasteiger partial charge < -0.3 is 9.84 Å². The third kappa shape index (κ3) is 3.91. The van der Waals surface area contributed by atoms with E-state index in [-0.39, 0.29) is 11.7 Å². The number of amides is 1. The first kappa shape index (κ1) is 17.9. The Bertz CT molecular complexity index is 1100. The molecule has 1 N–H and O–H groups in total. The summed E-state index contributed by atoms with van der Waals surface area (Å²) in [4.78, 5) is 16.3. The van der Waals surface area contributed by atoms with E-state index in [1.807, 2.05) is 43.3 Å². The second-order valence-corrected chi connectivity index (χ2v) is 6.55. The fourth-order valence-electron chi connectivity index (χ4n) is 2.47. The van der Waals surface area contributed by atoms with Crippen LogP contribution in [0.5, 0.6) is 0 Å². The van der Waals surface area contributed by atoms with Crippen molar-refractivity contribution in [1.82, 2.24) is 30.5 Å². The first-order chi connectivity index (χ1) is 13.6. The van der Waals surface area contributed by atoms with E-state index in [4.69, 9.17) is 16.1 Å². The summed E-state index contributed by atoms with van der Waals surface area (Å²) in [6, 6.07) is 15.0. The molecule has 4 rings (SSSR count). The van der Waals surface area contributed by atoms with Crippen molar-refractivity contribution in [1.29, 1.82) is 0 Å². The summed E-state index contributed by atoms with van der Waals surface area (Å²) in [5.41, 5.74) is 3.31. The average molecular weight is 395 g/mol. The van der Waals surface area contributed by atoms with E-state index >= 15 is 0 Å². The molecule has 0 bridgehead atoms. The minimum absolute atomic E-state index is 0.145. The third-order valence-corrected chi connectivity index (χ3v) is 4.26. The van der Waals surface area contributed by atoms with Crippen molar-refractivity contribution in [3.05, 3.63) is 76.8 Å². The molecule has 0 aliphatic rings. The SMILES string of the molecule is Cc1ccc(-n2cc(-c3noc(C(=O)NCc4ccc(Cl)cc4)n3)nn2)cc1. The second kappa shape index (κ2) is 7.61. The monoisotopic (exact) mass is 394 g/mol. The van der Waals surface area contributed by atoms with E-state index in [0.29, 0.717) is 17.3 Å². The molecule has 0 radical (unpaired) electrons. The summed E-state index contributed by atoms with van der Waals surface area (Å²) in [5.74, 6) is -0.427. The number of carbonyl (C=O) groups is 1. The summed E-state index contributed by atoms with van der Waals surface area (Å²) in [5, 5.41) is 15.3. The van der Waals surface area contributed by atoms with Crippen LogP contribution in [0.2, 0.25) is 5.02 Å². The van der Waals surface area contributed by atoms with Crippen molar-refractivity contribution in [3.63, 3.8) is 0 Å². The topological polar surface area (TPSA) is 98.7 Å². The molecule has 2 heterocycles. The van der Waals surface area contributed by atoms with Gasteiger partial charge >= 0.3 is 11.8 Å². The van der Waals surface area contributed by atoms with Gasteiger partial charge in [0.05, 0.1) is 11.9 Å². The molecule has 9 heteroatoms. The largest absolute Gasteiger partial charge is 0.344 e. The molecule has 2 aromatic heterocycles. The highest BCUT2D eigenvalue weighted by Gasteiger charge is 2.18. The van der Waals surface area contributed by atoms with Gasteiger partial charge in [-0.3, -0.25) is 4.79 Å². The maximum atomic E-state index is 12.2. The molecule has 0 spiro atoms. The van der Waals surface area contributed by atoms with E-state index < -0.39 is 5.91 Å². The molecule has 0 saturated heterocycles. The zero-order valence-corrected chi connectivity index (χ0v) is 15.6. The van der Waals surface area contributed by atoms with Crippen LogP contribution < -0.4 is 5.32 Å². The Labute approximate surface area is 165 Å². The zero-order valence-electron chi connectivity index (χ0n) is 14.8. The first-order valence-electron chi connectivity index (χ1n) is 8.44. The van der Waals surface area contributed by atoms with Crippen LogP contribution in [0.4, 0.5) is 0 Å². The van der Waals surface area contributed by atoms with Crippen LogP contribution in [0.15, 0.2) is 59.3 Å². The van der Waals surface area contributed by atoms with Crippen LogP contribution in [0.1, 0.15) is 21.8 Å². The smallest absolute Gasteiger partial charge is 0.316 e. The Hall–Kier alpha value is -3.52. The van der Waals surface area contributed by atoms with Gasteiger partial charge in [-0.15, -0.1) is 5.10 Å². The number of benzene rings is 2. The molecule has 0 unspecified atom stereocenters. The number of rotatable bonds is 5. The average Bonchev–Trinajstić information content (AvgIpc) is 3.37. The molecule has 0 saturated carbocycles. The number of nitrogens with zero attached hydrogens (tertiary/aromatic N) is 5. The van der Waals surface area contributed by atoms with Crippen LogP contribution in [-0.2, 0) is 6.54 Å². The van der Waals surface area contributed by atoms with Crippen LogP contribution in [0.25, 0.3) is 17.2 Å². The van der Waals surface area contributed by atoms with Crippen molar-refractivity contribution >= 4 is 17.5 Å². The van der Waals surface area contributed by atoms with Crippen LogP contribution in [-0.4, -0.2) is 31.0 Å². The van der Waals surface area contributed by atoms with E-state index in [0.717, 1.165) is 16.8 Å². The predicted octanol–water partition coefficient (Wildman–Crippen LogP) is 3.21. The number of carbonyl (C=O) groups excluding carboxylic acids is 1. The molecule has 1 amide bonds. The van der Waals surface area contributed by atoms with E-state index in [2.05, 4.69) is 25.8 Å². The van der Waals surface area contributed by atoms with Gasteiger partial charge in [0.15, 0.2) is 5.69 Å². The van der Waals surface area contributed by atoms with Gasteiger partial charge in [-0.2, -0.15) is 4.98 Å². The fourth-order valence-corrected chi connectivity index (χ4v) is 2.60. The lowest BCUT2D eigenvalue weighted by molar-refractivity contribution is 0.0907. The van der Waals surface area contributed by atoms with Gasteiger partial charge in [-0.25, -0.2) is 4.68 Å². The molecule has 0 aliphatic carbocycles. The second-order valence-electron chi connectivity index (χ2n) is 6.12. The van der Waals surface area contributed by atoms with Gasteiger partial charge in [-0.05, 0) is 36.8 Å². The van der Waals surface area contributed by atoms with Gasteiger partial charge in [0.2, 0.25) is 5.82 Å². The molecule has 28 heavy (non-hydrogen) atoms. The zero-order chi connectivity index (χ0) is 19.5. The molecule has 4 aromatic rings. The highest BCUT2D eigenvalue weighted by Crippen LogP contribution is 2.15. The predicted molar refractivity (Wildman–Crippen MR) is 102 cm³/mol. The summed E-state index contributed by atoms with van der Waals surface area (Å²) >= 11 is 5.85. The van der Waals surface area contributed by atoms with Crippen molar-refractivity contribution in [2.24, 2.45) is 0 Å². The number of aryl methyl sites for hydroxylation is 1. The summed E-state index contributed by atoms with van der Waals surface area (Å²) < 4.78 is 6.65. The highest BCUT2D eigenvalue weighted by atomic mass is 35.5. The summed E-state index contributed by atoms with van der Waals surface area (Å²) in [6.45, 7) is 2.33. The minimum Gasteiger partial charge on any atom is -0.344 e. The molecule has 0 fully saturated rings. The Morgan fingerprint density at radius 3 is 2.64 bits per heavy atom. The standard InChI is InChI=1S/C19H15ClN6O2/c1-12-2-8-15(9-3-12)26-11-16(23-25-26)17-22-19(28-24-17)18(27)21-10-13-4-6-14(20)7-5-13/h2-9,11H,10H2,1H3,(H,21,27). The van der Waals surface area contributed by atoms with Gasteiger partial charge in [0.25, 0.3) is 0 Å². The quantitative estimate of drug-likeness (QED) is 0.558. The highest BCUT2D eigenvalue weighted by molar-refractivity contribution is 6.30. The maximum Gasteiger partial charge on any atom is 0.316 e. The Kier molecular flexibility index (Phi) is 4.86. The summed E-state index contributed by atoms with van der Waals surface area (Å²) in [6.07, 6.45) is 1.67. The van der Waals surface area contributed by atoms with E-state index in [9.17, 15) is 4.79 Å². The molecule has 0 atom stereocenters. The van der Waals surface area contributed by atoms with E-state index in [1.165, 1.54) is 0 Å². The molecule has 2 aromatic carbocycles. The molecule has 140 valence electrons. The Morgan fingerprint density at radius 1 is 1.14 bits per heavy atom. The number of hydrogen-bond acceptors (Lipinski definition) is 6. The van der Waals surface area contributed by atoms with Crippen molar-refractivity contribution in [3.8, 4) is 17.2 Å². The van der Waals surface area contributed by atoms with Crippen LogP contribution in [0, 0.1) is 6.92 Å². The third-order valence-electron chi connectivity index (χ3n) is 4.01. The van der Waals surface area contributed by atoms with Gasteiger partial charge in [0, 0.05) is 11.6 Å². The van der Waals surface area contributed by atoms with Crippen LogP contribution >= 0.6 is 11.6 Å². The molecular weight excluding hydrogens is 380 g/mol. The number of aromatic nitrogens is 5. The maximum absolute atomic E-state index is 12.2. The first-order valence-corrected chi connectivity index (χ1v) is 8.82. The Balaban J connectivity index is 1.44. The van der Waals surface area contributed by atoms with Gasteiger partial charge in [0.1, 0.15) is 0 Å². The number of nitrogens with one attached hydrogen (secondary N) is 1. The van der Waals surface area contributed by atoms with Crippen LogP contribution in [0.3, 0.4) is 0 Å². The summed E-state index contributed by atoms with van der Waals surface area (Å²) in [7, 11) is 0. The van der Waals surface area contributed by atoms with Gasteiger partial charge in [-0.1, -0.05) is 51.8 Å². The lowest BCUT2D eigenvalue weighted by Gasteiger charge is -2.02. The normalized spacial score (nSPS) is 10.8. The molecular formula is C19H15ClN6O2. The van der Waals surface area contributed by atoms with Crippen molar-refractivity contribution in [2.45, 2.75) is 13.5 Å². The Morgan fingerprint density at radius 2 is 1.89 bits per heavy atom. The number of halogens is 1. The minimum atomic E-state index is -0.473. The number of hydrogen-bond donors (Lipinski definition) is 1. The van der Waals surface area contributed by atoms with E-state index in [1.54, 1.807) is 23.0 Å². The lowest BCUT2D eigenvalue weighted by Crippen LogP contribution is -2.23. The molecule has 8 nitrogen and oxygen atoms in total. The van der Waals surface area contributed by atoms with Crippen molar-refractivity contribution < 1.29 is 9.32 Å². The lowest BCUT2D eigenvalue weighted by atomic mass is 10.2. The molecule has 0 aliphatic heterocycles.